The van der Waals surface area contributed by atoms with Crippen molar-refractivity contribution in [3.63, 3.8) is 0 Å². The Labute approximate surface area is 122 Å². The highest BCUT2D eigenvalue weighted by Gasteiger charge is 2.21. The summed E-state index contributed by atoms with van der Waals surface area (Å²) in [4.78, 5) is 17.0. The van der Waals surface area contributed by atoms with E-state index in [-0.39, 0.29) is 0 Å². The first kappa shape index (κ1) is 12.5. The van der Waals surface area contributed by atoms with Crippen molar-refractivity contribution in [3.05, 3.63) is 41.9 Å². The zero-order valence-electron chi connectivity index (χ0n) is 11.8. The minimum Gasteiger partial charge on any atom is -0.381 e. The number of nitrogens with zero attached hydrogens (tertiary/aromatic N) is 3. The van der Waals surface area contributed by atoms with E-state index >= 15 is 0 Å². The molecule has 21 heavy (non-hydrogen) atoms. The number of imidazole rings is 1. The number of nitrogens with one attached hydrogen (secondary N) is 1. The van der Waals surface area contributed by atoms with Gasteiger partial charge in [0.2, 0.25) is 0 Å². The number of rotatable bonds is 2. The van der Waals surface area contributed by atoms with Crippen LogP contribution in [0.1, 0.15) is 23.7 Å². The second-order valence-corrected chi connectivity index (χ2v) is 5.43. The van der Waals surface area contributed by atoms with Crippen molar-refractivity contribution in [2.75, 3.05) is 13.2 Å². The number of ether oxygens (including phenoxy) is 1. The van der Waals surface area contributed by atoms with Gasteiger partial charge in [0.15, 0.2) is 5.65 Å². The Bertz CT molecular complexity index is 790. The molecule has 5 nitrogen and oxygen atoms in total. The molecule has 4 rings (SSSR count). The molecule has 1 saturated heterocycles. The first-order valence-corrected chi connectivity index (χ1v) is 7.17. The molecule has 0 saturated carbocycles. The van der Waals surface area contributed by atoms with Crippen molar-refractivity contribution in [2.45, 2.75) is 19.3 Å². The molecule has 0 spiro atoms. The topological polar surface area (TPSA) is 63.7 Å². The summed E-state index contributed by atoms with van der Waals surface area (Å²) < 4.78 is 5.41. The molecule has 3 aromatic rings. The highest BCUT2D eigenvalue weighted by Crippen LogP contribution is 2.25. The van der Waals surface area contributed by atoms with Gasteiger partial charge in [-0.05, 0) is 18.9 Å². The number of benzene rings is 1. The van der Waals surface area contributed by atoms with Gasteiger partial charge in [0.25, 0.3) is 0 Å². The molecule has 1 aromatic carbocycles. The monoisotopic (exact) mass is 280 g/mol. The van der Waals surface area contributed by atoms with Gasteiger partial charge in [0.05, 0.1) is 12.8 Å². The zero-order valence-corrected chi connectivity index (χ0v) is 11.8. The second kappa shape index (κ2) is 4.93. The number of hydrogen-bond acceptors (Lipinski definition) is 4. The summed E-state index contributed by atoms with van der Waals surface area (Å²) in [5, 5.41) is 0. The lowest BCUT2D eigenvalue weighted by atomic mass is 10.1. The Balaban J connectivity index is 1.78. The third-order valence-corrected chi connectivity index (χ3v) is 3.95. The molecule has 1 aliphatic heterocycles. The van der Waals surface area contributed by atoms with E-state index in [1.165, 1.54) is 5.56 Å². The number of H-pyrrole nitrogens is 1. The van der Waals surface area contributed by atoms with Gasteiger partial charge in [-0.2, -0.15) is 0 Å². The molecule has 1 fully saturated rings. The number of hydrogen-bond donors (Lipinski definition) is 1. The summed E-state index contributed by atoms with van der Waals surface area (Å²) in [7, 11) is 0. The second-order valence-electron chi connectivity index (χ2n) is 5.43. The molecular formula is C16H16N4O. The van der Waals surface area contributed by atoms with E-state index < -0.39 is 0 Å². The maximum atomic E-state index is 5.41. The van der Waals surface area contributed by atoms with E-state index in [1.807, 2.05) is 18.3 Å². The predicted octanol–water partition coefficient (Wildman–Crippen LogP) is 2.83. The number of fused-ring (bicyclic) bond motifs is 1. The molecule has 1 unspecified atom stereocenters. The highest BCUT2D eigenvalue weighted by molar-refractivity contribution is 5.76. The van der Waals surface area contributed by atoms with Crippen LogP contribution in [0.2, 0.25) is 0 Å². The fraction of sp³-hybridized carbons (Fsp3) is 0.312. The summed E-state index contributed by atoms with van der Waals surface area (Å²) in [6, 6.07) is 8.18. The van der Waals surface area contributed by atoms with Crippen LogP contribution < -0.4 is 0 Å². The van der Waals surface area contributed by atoms with E-state index in [1.54, 1.807) is 0 Å². The first-order chi connectivity index (χ1) is 10.3. The molecule has 0 amide bonds. The average Bonchev–Trinajstić information content (AvgIpc) is 3.16. The summed E-state index contributed by atoms with van der Waals surface area (Å²) in [6.07, 6.45) is 2.81. The Morgan fingerprint density at radius 2 is 2.14 bits per heavy atom. The quantitative estimate of drug-likeness (QED) is 0.784. The summed E-state index contributed by atoms with van der Waals surface area (Å²) in [5.41, 5.74) is 3.89. The van der Waals surface area contributed by atoms with Crippen LogP contribution in [0.15, 0.2) is 30.5 Å². The third-order valence-electron chi connectivity index (χ3n) is 3.95. The van der Waals surface area contributed by atoms with Crippen LogP contribution in [0.3, 0.4) is 0 Å². The zero-order chi connectivity index (χ0) is 14.2. The number of aromatic nitrogens is 4. The lowest BCUT2D eigenvalue weighted by Gasteiger charge is -2.03. The molecule has 1 aliphatic rings. The molecule has 0 aliphatic carbocycles. The van der Waals surface area contributed by atoms with Crippen LogP contribution in [0.5, 0.6) is 0 Å². The van der Waals surface area contributed by atoms with E-state index in [2.05, 4.69) is 39.0 Å². The van der Waals surface area contributed by atoms with Crippen molar-refractivity contribution in [1.29, 1.82) is 0 Å². The fourth-order valence-electron chi connectivity index (χ4n) is 2.72. The molecule has 5 heteroatoms. The lowest BCUT2D eigenvalue weighted by molar-refractivity contribution is 0.193. The number of aromatic amines is 1. The largest absolute Gasteiger partial charge is 0.381 e. The average molecular weight is 280 g/mol. The Morgan fingerprint density at radius 3 is 2.95 bits per heavy atom. The normalized spacial score (nSPS) is 18.4. The molecule has 1 atom stereocenters. The van der Waals surface area contributed by atoms with Crippen LogP contribution in [0.4, 0.5) is 0 Å². The van der Waals surface area contributed by atoms with Crippen molar-refractivity contribution >= 4 is 11.2 Å². The standard InChI is InChI=1S/C16H16N4O/c1-10-4-2-3-5-12(10)15-18-13-8-17-14(19-16(13)20-15)11-6-7-21-9-11/h2-5,8,11H,6-7,9H2,1H3,(H,17,18,19,20). The molecule has 0 bridgehead atoms. The number of aryl methyl sites for hydroxylation is 1. The first-order valence-electron chi connectivity index (χ1n) is 7.17. The van der Waals surface area contributed by atoms with Gasteiger partial charge in [-0.15, -0.1) is 0 Å². The summed E-state index contributed by atoms with van der Waals surface area (Å²) in [6.45, 7) is 3.58. The summed E-state index contributed by atoms with van der Waals surface area (Å²) in [5.74, 6) is 1.98. The van der Waals surface area contributed by atoms with Crippen molar-refractivity contribution in [1.82, 2.24) is 19.9 Å². The van der Waals surface area contributed by atoms with Gasteiger partial charge in [-0.3, -0.25) is 0 Å². The third kappa shape index (κ3) is 2.19. The van der Waals surface area contributed by atoms with Crippen LogP contribution in [-0.2, 0) is 4.74 Å². The Hall–Kier alpha value is -2.27. The van der Waals surface area contributed by atoms with Gasteiger partial charge in [0, 0.05) is 18.1 Å². The predicted molar refractivity (Wildman–Crippen MR) is 80.0 cm³/mol. The highest BCUT2D eigenvalue weighted by atomic mass is 16.5. The molecule has 3 heterocycles. The molecule has 106 valence electrons. The van der Waals surface area contributed by atoms with E-state index in [4.69, 9.17) is 4.74 Å². The molecule has 1 N–H and O–H groups in total. The van der Waals surface area contributed by atoms with Crippen LogP contribution in [-0.4, -0.2) is 33.1 Å². The minimum atomic E-state index is 0.299. The maximum Gasteiger partial charge on any atom is 0.181 e. The van der Waals surface area contributed by atoms with Gasteiger partial charge in [0.1, 0.15) is 17.2 Å². The SMILES string of the molecule is Cc1ccccc1-c1nc2nc(C3CCOC3)ncc2[nH]1. The molecule has 0 radical (unpaired) electrons. The van der Waals surface area contributed by atoms with Crippen LogP contribution in [0.25, 0.3) is 22.6 Å². The van der Waals surface area contributed by atoms with Gasteiger partial charge in [-0.25, -0.2) is 15.0 Å². The Kier molecular flexibility index (Phi) is 2.93. The van der Waals surface area contributed by atoms with Gasteiger partial charge < -0.3 is 9.72 Å². The smallest absolute Gasteiger partial charge is 0.181 e. The molecule has 2 aromatic heterocycles. The van der Waals surface area contributed by atoms with E-state index in [0.29, 0.717) is 12.5 Å². The Morgan fingerprint density at radius 1 is 1.24 bits per heavy atom. The van der Waals surface area contributed by atoms with Gasteiger partial charge >= 0.3 is 0 Å². The minimum absolute atomic E-state index is 0.299. The fourth-order valence-corrected chi connectivity index (χ4v) is 2.72. The van der Waals surface area contributed by atoms with E-state index in [9.17, 15) is 0 Å². The van der Waals surface area contributed by atoms with Crippen molar-refractivity contribution in [3.8, 4) is 11.4 Å². The van der Waals surface area contributed by atoms with Crippen LogP contribution >= 0.6 is 0 Å². The summed E-state index contributed by atoms with van der Waals surface area (Å²) >= 11 is 0. The van der Waals surface area contributed by atoms with Crippen LogP contribution in [0, 0.1) is 6.92 Å². The van der Waals surface area contributed by atoms with Crippen molar-refractivity contribution in [2.24, 2.45) is 0 Å². The van der Waals surface area contributed by atoms with Gasteiger partial charge in [-0.1, -0.05) is 24.3 Å². The van der Waals surface area contributed by atoms with Crippen molar-refractivity contribution < 1.29 is 4.74 Å². The lowest BCUT2D eigenvalue weighted by Crippen LogP contribution is -2.03. The maximum absolute atomic E-state index is 5.41. The molecular weight excluding hydrogens is 264 g/mol. The van der Waals surface area contributed by atoms with E-state index in [0.717, 1.165) is 41.4 Å².